The number of Topliss-reactive ketones (excluding diaryl/α,β-unsaturated/α-hetero) is 1. The number of methoxy groups -OCH3 is 2. The number of pyridine rings is 1. The van der Waals surface area contributed by atoms with E-state index in [9.17, 15) is 13.2 Å². The molecule has 12 heteroatoms. The first-order valence-electron chi connectivity index (χ1n) is 12.1. The third kappa shape index (κ3) is 6.98. The molecule has 204 valence electrons. The van der Waals surface area contributed by atoms with Gasteiger partial charge in [-0.15, -0.1) is 0 Å². The molecular weight excluding hydrogens is 520 g/mol. The summed E-state index contributed by atoms with van der Waals surface area (Å²) in [6, 6.07) is 14.4. The molecule has 0 spiro atoms. The zero-order chi connectivity index (χ0) is 28.0. The summed E-state index contributed by atoms with van der Waals surface area (Å²) in [7, 11) is 2.79. The second-order valence-corrected chi connectivity index (χ2v) is 10.6. The van der Waals surface area contributed by atoms with Gasteiger partial charge in [0.1, 0.15) is 17.0 Å². The number of nitrogens with zero attached hydrogens (tertiary/aromatic N) is 4. The third-order valence-corrected chi connectivity index (χ3v) is 7.10. The van der Waals surface area contributed by atoms with Crippen LogP contribution in [0.25, 0.3) is 11.2 Å². The van der Waals surface area contributed by atoms with Crippen LogP contribution >= 0.6 is 0 Å². The van der Waals surface area contributed by atoms with E-state index < -0.39 is 10.0 Å². The van der Waals surface area contributed by atoms with Crippen molar-refractivity contribution in [2.24, 2.45) is 0 Å². The average Bonchev–Trinajstić information content (AvgIpc) is 2.92. The SMILES string of the molecule is COc1cc(Nc2nc3ncccc3nc2NS(=O)(=O)c2cccc(C(=O)CCCN(C)C)c2)cc(OC)c1. The molecule has 2 heterocycles. The summed E-state index contributed by atoms with van der Waals surface area (Å²) in [5, 5.41) is 3.09. The van der Waals surface area contributed by atoms with Crippen LogP contribution in [0.1, 0.15) is 23.2 Å². The Morgan fingerprint density at radius 1 is 0.949 bits per heavy atom. The van der Waals surface area contributed by atoms with Crippen molar-refractivity contribution < 1.29 is 22.7 Å². The number of nitrogens with one attached hydrogen (secondary N) is 2. The summed E-state index contributed by atoms with van der Waals surface area (Å²) in [5.41, 5.74) is 1.57. The van der Waals surface area contributed by atoms with E-state index in [4.69, 9.17) is 9.47 Å². The predicted molar refractivity (Wildman–Crippen MR) is 150 cm³/mol. The van der Waals surface area contributed by atoms with Crippen molar-refractivity contribution in [3.05, 3.63) is 66.4 Å². The van der Waals surface area contributed by atoms with Gasteiger partial charge in [-0.05, 0) is 51.3 Å². The van der Waals surface area contributed by atoms with Crippen LogP contribution in [0.5, 0.6) is 11.5 Å². The molecule has 0 atom stereocenters. The van der Waals surface area contributed by atoms with Crippen LogP contribution < -0.4 is 19.5 Å². The van der Waals surface area contributed by atoms with Crippen molar-refractivity contribution in [1.82, 2.24) is 19.9 Å². The van der Waals surface area contributed by atoms with Crippen molar-refractivity contribution >= 4 is 44.3 Å². The fraction of sp³-hybridized carbons (Fsp3) is 0.259. The number of rotatable bonds is 12. The first kappa shape index (κ1) is 27.7. The summed E-state index contributed by atoms with van der Waals surface area (Å²) in [6.45, 7) is 0.760. The Morgan fingerprint density at radius 2 is 1.69 bits per heavy atom. The quantitative estimate of drug-likeness (QED) is 0.248. The number of hydrogen-bond donors (Lipinski definition) is 2. The van der Waals surface area contributed by atoms with Crippen LogP contribution in [0.4, 0.5) is 17.3 Å². The van der Waals surface area contributed by atoms with E-state index in [2.05, 4.69) is 25.0 Å². The monoisotopic (exact) mass is 550 g/mol. The first-order chi connectivity index (χ1) is 18.7. The fourth-order valence-electron chi connectivity index (χ4n) is 3.79. The molecule has 4 aromatic rings. The molecule has 0 amide bonds. The molecule has 0 saturated heterocycles. The summed E-state index contributed by atoms with van der Waals surface area (Å²) >= 11 is 0. The molecule has 0 unspecified atom stereocenters. The van der Waals surface area contributed by atoms with Crippen LogP contribution in [0.15, 0.2) is 65.7 Å². The molecule has 0 bridgehead atoms. The van der Waals surface area contributed by atoms with Crippen LogP contribution in [0.2, 0.25) is 0 Å². The summed E-state index contributed by atoms with van der Waals surface area (Å²) < 4.78 is 40.1. The second kappa shape index (κ2) is 12.0. The average molecular weight is 551 g/mol. The number of fused-ring (bicyclic) bond motifs is 1. The number of ether oxygens (including phenoxy) is 2. The van der Waals surface area contributed by atoms with Crippen LogP contribution in [0, 0.1) is 0 Å². The lowest BCUT2D eigenvalue weighted by Gasteiger charge is -2.15. The van der Waals surface area contributed by atoms with Gasteiger partial charge in [0.2, 0.25) is 0 Å². The first-order valence-corrected chi connectivity index (χ1v) is 13.6. The van der Waals surface area contributed by atoms with Gasteiger partial charge in [-0.3, -0.25) is 9.52 Å². The zero-order valence-corrected chi connectivity index (χ0v) is 22.9. The number of carbonyl (C=O) groups excluding carboxylic acids is 1. The highest BCUT2D eigenvalue weighted by atomic mass is 32.2. The van der Waals surface area contributed by atoms with Crippen LogP contribution in [-0.4, -0.2) is 68.9 Å². The van der Waals surface area contributed by atoms with Gasteiger partial charge in [0, 0.05) is 42.1 Å². The van der Waals surface area contributed by atoms with E-state index in [0.717, 1.165) is 6.54 Å². The molecule has 2 aromatic heterocycles. The predicted octanol–water partition coefficient (Wildman–Crippen LogP) is 4.11. The molecule has 4 rings (SSSR count). The summed E-state index contributed by atoms with van der Waals surface area (Å²) in [4.78, 5) is 27.8. The highest BCUT2D eigenvalue weighted by Gasteiger charge is 2.21. The number of carbonyl (C=O) groups is 1. The Kier molecular flexibility index (Phi) is 8.57. The topological polar surface area (TPSA) is 136 Å². The number of hydrogen-bond acceptors (Lipinski definition) is 10. The van der Waals surface area contributed by atoms with Gasteiger partial charge >= 0.3 is 0 Å². The molecule has 0 aliphatic heterocycles. The van der Waals surface area contributed by atoms with E-state index in [-0.39, 0.29) is 22.3 Å². The van der Waals surface area contributed by atoms with E-state index in [1.807, 2.05) is 19.0 Å². The second-order valence-electron chi connectivity index (χ2n) is 8.96. The maximum Gasteiger partial charge on any atom is 0.263 e. The van der Waals surface area contributed by atoms with Crippen LogP contribution in [0.3, 0.4) is 0 Å². The van der Waals surface area contributed by atoms with Gasteiger partial charge < -0.3 is 19.7 Å². The largest absolute Gasteiger partial charge is 0.497 e. The lowest BCUT2D eigenvalue weighted by molar-refractivity contribution is 0.0977. The smallest absolute Gasteiger partial charge is 0.263 e. The van der Waals surface area contributed by atoms with Crippen LogP contribution in [-0.2, 0) is 10.0 Å². The number of benzene rings is 2. The minimum absolute atomic E-state index is 0.0417. The molecule has 2 N–H and O–H groups in total. The Hall–Kier alpha value is -4.29. The standard InChI is InChI=1S/C27H30N6O5S/c1-33(2)13-7-11-24(34)18-8-5-9-22(14-18)39(35,36)32-27-26(31-25-23(30-27)10-6-12-28-25)29-19-15-20(37-3)17-21(16-19)38-4/h5-6,8-10,12,14-17H,7,11,13H2,1-4H3,(H,30,32)(H,28,29,31). The molecule has 2 aromatic carbocycles. The van der Waals surface area contributed by atoms with E-state index in [0.29, 0.717) is 46.8 Å². The van der Waals surface area contributed by atoms with Crippen molar-refractivity contribution in [2.45, 2.75) is 17.7 Å². The van der Waals surface area contributed by atoms with Gasteiger partial charge in [-0.25, -0.2) is 23.4 Å². The maximum atomic E-state index is 13.4. The Bertz CT molecular complexity index is 1570. The molecular formula is C27H30N6O5S. The normalized spacial score (nSPS) is 11.4. The van der Waals surface area contributed by atoms with Crippen molar-refractivity contribution in [1.29, 1.82) is 0 Å². The molecule has 0 aliphatic carbocycles. The number of sulfonamides is 1. The van der Waals surface area contributed by atoms with E-state index >= 15 is 0 Å². The van der Waals surface area contributed by atoms with E-state index in [1.165, 1.54) is 26.4 Å². The van der Waals surface area contributed by atoms with Crippen molar-refractivity contribution in [3.8, 4) is 11.5 Å². The van der Waals surface area contributed by atoms with Gasteiger partial charge in [0.15, 0.2) is 23.1 Å². The molecule has 0 radical (unpaired) electrons. The van der Waals surface area contributed by atoms with Gasteiger partial charge in [0.25, 0.3) is 10.0 Å². The molecule has 0 fully saturated rings. The van der Waals surface area contributed by atoms with Gasteiger partial charge in [0.05, 0.1) is 19.1 Å². The Balaban J connectivity index is 1.67. The Labute approximate surface area is 227 Å². The fourth-order valence-corrected chi connectivity index (χ4v) is 4.85. The van der Waals surface area contributed by atoms with Gasteiger partial charge in [-0.2, -0.15) is 0 Å². The molecule has 11 nitrogen and oxygen atoms in total. The number of aromatic nitrogens is 3. The lowest BCUT2D eigenvalue weighted by Crippen LogP contribution is -2.17. The number of ketones is 1. The molecule has 0 aliphatic rings. The Morgan fingerprint density at radius 3 is 2.38 bits per heavy atom. The van der Waals surface area contributed by atoms with Crippen molar-refractivity contribution in [2.75, 3.05) is 44.9 Å². The minimum Gasteiger partial charge on any atom is -0.497 e. The molecule has 0 saturated carbocycles. The van der Waals surface area contributed by atoms with Gasteiger partial charge in [-0.1, -0.05) is 12.1 Å². The summed E-state index contributed by atoms with van der Waals surface area (Å²) in [6.07, 6.45) is 2.56. The maximum absolute atomic E-state index is 13.4. The number of anilines is 3. The highest BCUT2D eigenvalue weighted by Crippen LogP contribution is 2.31. The van der Waals surface area contributed by atoms with E-state index in [1.54, 1.807) is 48.7 Å². The lowest BCUT2D eigenvalue weighted by atomic mass is 10.1. The summed E-state index contributed by atoms with van der Waals surface area (Å²) in [5.74, 6) is 1.01. The van der Waals surface area contributed by atoms with Crippen molar-refractivity contribution in [3.63, 3.8) is 0 Å². The highest BCUT2D eigenvalue weighted by molar-refractivity contribution is 7.92. The zero-order valence-electron chi connectivity index (χ0n) is 22.1. The molecule has 39 heavy (non-hydrogen) atoms. The minimum atomic E-state index is -4.14. The third-order valence-electron chi connectivity index (χ3n) is 5.76.